The molecule has 0 saturated heterocycles. The molecule has 0 saturated carbocycles. The van der Waals surface area contributed by atoms with Gasteiger partial charge in [-0.1, -0.05) is 18.2 Å². The van der Waals surface area contributed by atoms with Crippen molar-refractivity contribution in [2.45, 2.75) is 13.0 Å². The Labute approximate surface area is 116 Å². The van der Waals surface area contributed by atoms with Crippen LogP contribution in [0, 0.1) is 0 Å². The first-order valence-electron chi connectivity index (χ1n) is 6.15. The summed E-state index contributed by atoms with van der Waals surface area (Å²) in [6, 6.07) is 11.9. The number of hydrogen-bond donors (Lipinski definition) is 2. The lowest BCUT2D eigenvalue weighted by Crippen LogP contribution is -2.05. The topological polar surface area (TPSA) is 47.3 Å². The molecule has 0 atom stereocenters. The number of nitrogens with two attached hydrogens (primary N) is 1. The average molecular weight is 278 g/mol. The van der Waals surface area contributed by atoms with Crippen LogP contribution < -0.4 is 15.8 Å². The SMILES string of the molecule is COc1ccccc1CNc1ccc(N)cc1C(F)F. The summed E-state index contributed by atoms with van der Waals surface area (Å²) >= 11 is 0. The van der Waals surface area contributed by atoms with Gasteiger partial charge in [0.2, 0.25) is 0 Å². The van der Waals surface area contributed by atoms with Gasteiger partial charge in [0, 0.05) is 29.0 Å². The van der Waals surface area contributed by atoms with E-state index in [1.807, 2.05) is 24.3 Å². The number of alkyl halides is 2. The maximum atomic E-state index is 13.0. The van der Waals surface area contributed by atoms with Crippen molar-refractivity contribution in [3.05, 3.63) is 53.6 Å². The standard InChI is InChI=1S/C15H16F2N2O/c1-20-14-5-3-2-4-10(14)9-19-13-7-6-11(18)8-12(13)15(16)17/h2-8,15,19H,9,18H2,1H3. The van der Waals surface area contributed by atoms with Crippen LogP contribution in [0.15, 0.2) is 42.5 Å². The maximum absolute atomic E-state index is 13.0. The summed E-state index contributed by atoms with van der Waals surface area (Å²) in [7, 11) is 1.58. The summed E-state index contributed by atoms with van der Waals surface area (Å²) in [4.78, 5) is 0. The van der Waals surface area contributed by atoms with Gasteiger partial charge in [0.15, 0.2) is 0 Å². The molecule has 0 unspecified atom stereocenters. The van der Waals surface area contributed by atoms with Gasteiger partial charge >= 0.3 is 0 Å². The predicted octanol–water partition coefficient (Wildman–Crippen LogP) is 3.83. The van der Waals surface area contributed by atoms with Crippen LogP contribution in [0.5, 0.6) is 5.75 Å². The molecule has 0 aliphatic heterocycles. The van der Waals surface area contributed by atoms with Gasteiger partial charge in [0.05, 0.1) is 7.11 Å². The van der Waals surface area contributed by atoms with E-state index in [2.05, 4.69) is 5.32 Å². The van der Waals surface area contributed by atoms with Gasteiger partial charge in [-0.2, -0.15) is 0 Å². The smallest absolute Gasteiger partial charge is 0.265 e. The zero-order chi connectivity index (χ0) is 14.5. The fraction of sp³-hybridized carbons (Fsp3) is 0.200. The third-order valence-electron chi connectivity index (χ3n) is 2.97. The van der Waals surface area contributed by atoms with Gasteiger partial charge in [0.25, 0.3) is 6.43 Å². The van der Waals surface area contributed by atoms with Crippen LogP contribution >= 0.6 is 0 Å². The fourth-order valence-corrected chi connectivity index (χ4v) is 1.96. The molecular weight excluding hydrogens is 262 g/mol. The van der Waals surface area contributed by atoms with E-state index in [0.717, 1.165) is 5.56 Å². The van der Waals surface area contributed by atoms with Crippen LogP contribution in [0.2, 0.25) is 0 Å². The molecule has 0 fully saturated rings. The van der Waals surface area contributed by atoms with E-state index < -0.39 is 6.43 Å². The molecule has 0 aliphatic rings. The fourth-order valence-electron chi connectivity index (χ4n) is 1.96. The van der Waals surface area contributed by atoms with Crippen molar-refractivity contribution in [2.75, 3.05) is 18.2 Å². The molecule has 0 heterocycles. The lowest BCUT2D eigenvalue weighted by molar-refractivity contribution is 0.152. The second kappa shape index (κ2) is 6.23. The molecule has 0 radical (unpaired) electrons. The van der Waals surface area contributed by atoms with E-state index in [9.17, 15) is 8.78 Å². The molecular formula is C15H16F2N2O. The lowest BCUT2D eigenvalue weighted by Gasteiger charge is -2.14. The molecule has 3 N–H and O–H groups in total. The number of rotatable bonds is 5. The number of nitrogens with one attached hydrogen (secondary N) is 1. The Bertz CT molecular complexity index is 588. The number of methoxy groups -OCH3 is 1. The van der Waals surface area contributed by atoms with E-state index in [0.29, 0.717) is 23.7 Å². The Hall–Kier alpha value is -2.30. The maximum Gasteiger partial charge on any atom is 0.265 e. The van der Waals surface area contributed by atoms with Crippen LogP contribution in [0.1, 0.15) is 17.6 Å². The molecule has 0 aliphatic carbocycles. The number of halogens is 2. The minimum atomic E-state index is -2.57. The first-order chi connectivity index (χ1) is 9.61. The molecule has 2 aromatic rings. The first kappa shape index (κ1) is 14.1. The quantitative estimate of drug-likeness (QED) is 0.817. The van der Waals surface area contributed by atoms with Crippen molar-refractivity contribution in [2.24, 2.45) is 0 Å². The highest BCUT2D eigenvalue weighted by molar-refractivity contribution is 5.59. The van der Waals surface area contributed by atoms with E-state index in [1.165, 1.54) is 6.07 Å². The Morgan fingerprint density at radius 3 is 2.65 bits per heavy atom. The van der Waals surface area contributed by atoms with Gasteiger partial charge in [-0.05, 0) is 24.3 Å². The summed E-state index contributed by atoms with van der Waals surface area (Å²) in [5.41, 5.74) is 7.03. The molecule has 2 rings (SSSR count). The van der Waals surface area contributed by atoms with Crippen LogP contribution in [-0.4, -0.2) is 7.11 Å². The van der Waals surface area contributed by atoms with E-state index in [-0.39, 0.29) is 5.56 Å². The summed E-state index contributed by atoms with van der Waals surface area (Å²) in [6.07, 6.45) is -2.57. The largest absolute Gasteiger partial charge is 0.496 e. The Balaban J connectivity index is 2.19. The molecule has 5 heteroatoms. The van der Waals surface area contributed by atoms with Crippen molar-refractivity contribution < 1.29 is 13.5 Å². The van der Waals surface area contributed by atoms with E-state index in [4.69, 9.17) is 10.5 Å². The minimum absolute atomic E-state index is 0.0973. The molecule has 2 aromatic carbocycles. The molecule has 0 bridgehead atoms. The van der Waals surface area contributed by atoms with Crippen LogP contribution in [0.4, 0.5) is 20.2 Å². The van der Waals surface area contributed by atoms with Gasteiger partial charge in [-0.25, -0.2) is 8.78 Å². The Morgan fingerprint density at radius 1 is 1.20 bits per heavy atom. The average Bonchev–Trinajstić information content (AvgIpc) is 2.46. The number of hydrogen-bond acceptors (Lipinski definition) is 3. The summed E-state index contributed by atoms with van der Waals surface area (Å²) < 4.78 is 31.1. The number of anilines is 2. The molecule has 106 valence electrons. The number of para-hydroxylation sites is 1. The van der Waals surface area contributed by atoms with Gasteiger partial charge < -0.3 is 15.8 Å². The van der Waals surface area contributed by atoms with Crippen LogP contribution in [0.3, 0.4) is 0 Å². The van der Waals surface area contributed by atoms with E-state index >= 15 is 0 Å². The second-order valence-electron chi connectivity index (χ2n) is 4.31. The second-order valence-corrected chi connectivity index (χ2v) is 4.31. The number of nitrogen functional groups attached to an aromatic ring is 1. The summed E-state index contributed by atoms with van der Waals surface area (Å²) in [5.74, 6) is 0.717. The zero-order valence-electron chi connectivity index (χ0n) is 11.1. The normalized spacial score (nSPS) is 10.6. The minimum Gasteiger partial charge on any atom is -0.496 e. The van der Waals surface area contributed by atoms with Crippen molar-refractivity contribution in [3.63, 3.8) is 0 Å². The van der Waals surface area contributed by atoms with Crippen molar-refractivity contribution in [3.8, 4) is 5.75 Å². The molecule has 0 aromatic heterocycles. The van der Waals surface area contributed by atoms with Gasteiger partial charge in [-0.15, -0.1) is 0 Å². The monoisotopic (exact) mass is 278 g/mol. The third kappa shape index (κ3) is 3.17. The number of benzene rings is 2. The zero-order valence-corrected chi connectivity index (χ0v) is 11.1. The summed E-state index contributed by atoms with van der Waals surface area (Å²) in [5, 5.41) is 3.00. The number of ether oxygens (including phenoxy) is 1. The molecule has 0 amide bonds. The highest BCUT2D eigenvalue weighted by Gasteiger charge is 2.13. The molecule has 0 spiro atoms. The van der Waals surface area contributed by atoms with Crippen LogP contribution in [0.25, 0.3) is 0 Å². The highest BCUT2D eigenvalue weighted by Crippen LogP contribution is 2.29. The molecule has 20 heavy (non-hydrogen) atoms. The van der Waals surface area contributed by atoms with Crippen molar-refractivity contribution in [1.29, 1.82) is 0 Å². The van der Waals surface area contributed by atoms with Gasteiger partial charge in [0.1, 0.15) is 5.75 Å². The highest BCUT2D eigenvalue weighted by atomic mass is 19.3. The van der Waals surface area contributed by atoms with E-state index in [1.54, 1.807) is 19.2 Å². The summed E-state index contributed by atoms with van der Waals surface area (Å²) in [6.45, 7) is 0.396. The lowest BCUT2D eigenvalue weighted by atomic mass is 10.1. The Morgan fingerprint density at radius 2 is 1.95 bits per heavy atom. The van der Waals surface area contributed by atoms with Crippen LogP contribution in [-0.2, 0) is 6.54 Å². The Kier molecular flexibility index (Phi) is 4.40. The molecule has 3 nitrogen and oxygen atoms in total. The first-order valence-corrected chi connectivity index (χ1v) is 6.15. The predicted molar refractivity (Wildman–Crippen MR) is 76.1 cm³/mol. The van der Waals surface area contributed by atoms with Gasteiger partial charge in [-0.3, -0.25) is 0 Å². The van der Waals surface area contributed by atoms with Crippen molar-refractivity contribution in [1.82, 2.24) is 0 Å². The van der Waals surface area contributed by atoms with Crippen molar-refractivity contribution >= 4 is 11.4 Å². The third-order valence-corrected chi connectivity index (χ3v) is 2.97.